The van der Waals surface area contributed by atoms with Crippen molar-refractivity contribution < 1.29 is 22.8 Å². The van der Waals surface area contributed by atoms with Crippen LogP contribution in [0.2, 0.25) is 15.1 Å². The van der Waals surface area contributed by atoms with Crippen molar-refractivity contribution >= 4 is 58.2 Å². The Morgan fingerprint density at radius 3 is 2.33 bits per heavy atom. The summed E-state index contributed by atoms with van der Waals surface area (Å²) in [5.74, 6) is -0.462. The van der Waals surface area contributed by atoms with Crippen LogP contribution in [0, 0.1) is 0 Å². The smallest absolute Gasteiger partial charge is 0.297 e. The monoisotopic (exact) mass is 553 g/mol. The molecule has 1 heterocycles. The fourth-order valence-corrected chi connectivity index (χ4v) is 4.14. The number of hydrazine groups is 1. The van der Waals surface area contributed by atoms with Gasteiger partial charge in [0.25, 0.3) is 5.91 Å². The van der Waals surface area contributed by atoms with Crippen molar-refractivity contribution in [2.24, 2.45) is 0 Å². The average Bonchev–Trinajstić information content (AvgIpc) is 3.29. The Bertz CT molecular complexity index is 1330. The van der Waals surface area contributed by atoms with Gasteiger partial charge >= 0.3 is 6.18 Å². The number of carbonyl (C=O) groups is 1. The summed E-state index contributed by atoms with van der Waals surface area (Å²) in [5.41, 5.74) is 5.79. The second-order valence-corrected chi connectivity index (χ2v) is 8.99. The summed E-state index contributed by atoms with van der Waals surface area (Å²) in [4.78, 5) is 17.2. The third-order valence-electron chi connectivity index (χ3n) is 5.21. The molecule has 3 N–H and O–H groups in total. The zero-order chi connectivity index (χ0) is 25.9. The maximum absolute atomic E-state index is 14.2. The summed E-state index contributed by atoms with van der Waals surface area (Å²) in [6, 6.07) is 17.2. The van der Waals surface area contributed by atoms with Crippen molar-refractivity contribution in [1.29, 1.82) is 0 Å². The maximum atomic E-state index is 14.2. The van der Waals surface area contributed by atoms with Crippen LogP contribution >= 0.6 is 34.8 Å². The summed E-state index contributed by atoms with van der Waals surface area (Å²) in [6.45, 7) is 0. The van der Waals surface area contributed by atoms with Crippen molar-refractivity contribution in [3.63, 3.8) is 0 Å². The zero-order valence-electron chi connectivity index (χ0n) is 18.2. The molecule has 11 heteroatoms. The van der Waals surface area contributed by atoms with Gasteiger partial charge in [0, 0.05) is 27.2 Å². The van der Waals surface area contributed by atoms with Crippen molar-refractivity contribution in [1.82, 2.24) is 10.9 Å². The second-order valence-electron chi connectivity index (χ2n) is 7.71. The summed E-state index contributed by atoms with van der Waals surface area (Å²) >= 11 is 18.1. The first-order valence-electron chi connectivity index (χ1n) is 10.4. The fourth-order valence-electron chi connectivity index (χ4n) is 3.45. The highest BCUT2D eigenvalue weighted by Gasteiger charge is 2.59. The van der Waals surface area contributed by atoms with E-state index in [-0.39, 0.29) is 32.0 Å². The predicted octanol–water partition coefficient (Wildman–Crippen LogP) is 7.14. The minimum Gasteiger partial charge on any atom is -0.297 e. The lowest BCUT2D eigenvalue weighted by Gasteiger charge is -2.28. The quantitative estimate of drug-likeness (QED) is 0.224. The largest absolute Gasteiger partial charge is 0.428 e. The predicted molar refractivity (Wildman–Crippen MR) is 135 cm³/mol. The van der Waals surface area contributed by atoms with Gasteiger partial charge in [-0.05, 0) is 48.0 Å². The van der Waals surface area contributed by atoms with Gasteiger partial charge in [-0.2, -0.15) is 13.2 Å². The van der Waals surface area contributed by atoms with E-state index in [0.717, 1.165) is 23.8 Å². The molecule has 1 aliphatic rings. The molecule has 1 aliphatic heterocycles. The van der Waals surface area contributed by atoms with Gasteiger partial charge in [-0.1, -0.05) is 71.2 Å². The van der Waals surface area contributed by atoms with Crippen LogP contribution in [0.4, 0.5) is 18.9 Å². The molecule has 36 heavy (non-hydrogen) atoms. The van der Waals surface area contributed by atoms with E-state index in [2.05, 4.69) is 16.3 Å². The third kappa shape index (κ3) is 5.63. The number of rotatable bonds is 6. The molecule has 1 unspecified atom stereocenters. The molecule has 3 aromatic carbocycles. The van der Waals surface area contributed by atoms with Gasteiger partial charge in [-0.15, -0.1) is 0 Å². The molecule has 1 atom stereocenters. The molecule has 0 aromatic heterocycles. The molecule has 186 valence electrons. The molecule has 4 rings (SSSR count). The van der Waals surface area contributed by atoms with E-state index in [1.165, 1.54) is 30.3 Å². The Kier molecular flexibility index (Phi) is 7.51. The SMILES string of the molecule is O=C(C=Cc1ccccc1)NNc1cc(C2=CC(c3cc(Cl)cc(Cl)c3)(C(F)(F)F)ON2)ccc1Cl. The lowest BCUT2D eigenvalue weighted by molar-refractivity contribution is -0.269. The maximum Gasteiger partial charge on any atom is 0.428 e. The summed E-state index contributed by atoms with van der Waals surface area (Å²) < 4.78 is 42.7. The molecule has 5 nitrogen and oxygen atoms in total. The number of nitrogens with one attached hydrogen (secondary N) is 3. The van der Waals surface area contributed by atoms with Crippen LogP contribution in [-0.2, 0) is 15.2 Å². The van der Waals surface area contributed by atoms with E-state index in [0.29, 0.717) is 5.56 Å². The van der Waals surface area contributed by atoms with Crippen LogP contribution in [-0.4, -0.2) is 12.1 Å². The molecule has 1 amide bonds. The van der Waals surface area contributed by atoms with Crippen LogP contribution in [0.25, 0.3) is 11.8 Å². The van der Waals surface area contributed by atoms with Gasteiger partial charge in [-0.3, -0.25) is 26.0 Å². The van der Waals surface area contributed by atoms with Crippen LogP contribution in [0.5, 0.6) is 0 Å². The first-order valence-corrected chi connectivity index (χ1v) is 11.5. The highest BCUT2D eigenvalue weighted by atomic mass is 35.5. The topological polar surface area (TPSA) is 62.4 Å². The molecule has 0 saturated carbocycles. The first-order chi connectivity index (χ1) is 17.1. The third-order valence-corrected chi connectivity index (χ3v) is 5.97. The Morgan fingerprint density at radius 2 is 1.67 bits per heavy atom. The summed E-state index contributed by atoms with van der Waals surface area (Å²) in [5, 5.41) is 0.289. The van der Waals surface area contributed by atoms with Gasteiger partial charge in [0.05, 0.1) is 16.4 Å². The Morgan fingerprint density at radius 1 is 0.972 bits per heavy atom. The van der Waals surface area contributed by atoms with E-state index in [4.69, 9.17) is 39.6 Å². The van der Waals surface area contributed by atoms with Gasteiger partial charge in [0.1, 0.15) is 0 Å². The number of benzene rings is 3. The van der Waals surface area contributed by atoms with Crippen molar-refractivity contribution in [2.45, 2.75) is 11.8 Å². The van der Waals surface area contributed by atoms with E-state index in [9.17, 15) is 18.0 Å². The van der Waals surface area contributed by atoms with E-state index < -0.39 is 17.7 Å². The van der Waals surface area contributed by atoms with Crippen LogP contribution in [0.15, 0.2) is 78.9 Å². The number of hydrogen-bond acceptors (Lipinski definition) is 4. The second kappa shape index (κ2) is 10.4. The molecule has 0 bridgehead atoms. The number of amides is 1. The molecular weight excluding hydrogens is 538 g/mol. The minimum atomic E-state index is -4.84. The fraction of sp³-hybridized carbons (Fsp3) is 0.0800. The lowest BCUT2D eigenvalue weighted by Crippen LogP contribution is -2.42. The highest BCUT2D eigenvalue weighted by molar-refractivity contribution is 6.34. The van der Waals surface area contributed by atoms with E-state index in [1.54, 1.807) is 6.08 Å². The molecule has 0 aliphatic carbocycles. The molecule has 0 saturated heterocycles. The summed E-state index contributed by atoms with van der Waals surface area (Å²) in [7, 11) is 0. The number of halogens is 6. The standard InChI is InChI=1S/C25H17Cl3F3N3O2/c26-18-11-17(12-19(27)13-18)24(25(29,30)31)14-22(34-36-24)16-7-8-20(28)21(10-16)32-33-23(35)9-6-15-4-2-1-3-5-15/h1-14,32,34H,(H,33,35). The van der Waals surface area contributed by atoms with Crippen LogP contribution < -0.4 is 16.3 Å². The molecule has 0 fully saturated rings. The van der Waals surface area contributed by atoms with Gasteiger partial charge in [0.15, 0.2) is 0 Å². The van der Waals surface area contributed by atoms with Gasteiger partial charge < -0.3 is 0 Å². The van der Waals surface area contributed by atoms with E-state index in [1.807, 2.05) is 30.3 Å². The van der Waals surface area contributed by atoms with Crippen LogP contribution in [0.1, 0.15) is 16.7 Å². The van der Waals surface area contributed by atoms with Crippen molar-refractivity contribution in [2.75, 3.05) is 5.43 Å². The molecular formula is C25H17Cl3F3N3O2. The average molecular weight is 555 g/mol. The molecule has 0 radical (unpaired) electrons. The van der Waals surface area contributed by atoms with Crippen molar-refractivity contribution in [3.8, 4) is 0 Å². The summed E-state index contributed by atoms with van der Waals surface area (Å²) in [6.07, 6.45) is -1.01. The number of hydrogen-bond donors (Lipinski definition) is 3. The Labute approximate surface area is 219 Å². The van der Waals surface area contributed by atoms with Crippen molar-refractivity contribution in [3.05, 3.63) is 111 Å². The lowest BCUT2D eigenvalue weighted by atomic mass is 9.91. The van der Waals surface area contributed by atoms with Gasteiger partial charge in [0.2, 0.25) is 5.60 Å². The Hall–Kier alpha value is -3.17. The molecule has 3 aromatic rings. The Balaban J connectivity index is 1.57. The normalized spacial score (nSPS) is 17.6. The number of alkyl halides is 3. The van der Waals surface area contributed by atoms with Crippen LogP contribution in [0.3, 0.4) is 0 Å². The zero-order valence-corrected chi connectivity index (χ0v) is 20.4. The highest BCUT2D eigenvalue weighted by Crippen LogP contribution is 2.48. The first kappa shape index (κ1) is 25.9. The minimum absolute atomic E-state index is 0.0263. The number of hydroxylamine groups is 1. The van der Waals surface area contributed by atoms with Gasteiger partial charge in [-0.25, -0.2) is 0 Å². The molecule has 0 spiro atoms. The van der Waals surface area contributed by atoms with E-state index >= 15 is 0 Å². The number of carbonyl (C=O) groups excluding carboxylic acids is 1. The number of anilines is 1.